The summed E-state index contributed by atoms with van der Waals surface area (Å²) in [6.45, 7) is -0.159. The molecule has 0 heterocycles. The topological polar surface area (TPSA) is 128 Å². The number of urea groups is 1. The van der Waals surface area contributed by atoms with Crippen molar-refractivity contribution in [1.82, 2.24) is 15.5 Å². The first-order valence-electron chi connectivity index (χ1n) is 13.0. The number of carboxylic acids is 1. The van der Waals surface area contributed by atoms with Crippen LogP contribution < -0.4 is 16.0 Å². The first-order chi connectivity index (χ1) is 20.0. The zero-order valence-corrected chi connectivity index (χ0v) is 23.1. The monoisotopic (exact) mass is 636 g/mol. The molecule has 3 rings (SSSR count). The van der Waals surface area contributed by atoms with E-state index in [1.54, 1.807) is 0 Å². The van der Waals surface area contributed by atoms with E-state index >= 15 is 0 Å². The van der Waals surface area contributed by atoms with Gasteiger partial charge in [-0.3, -0.25) is 14.4 Å². The Bertz CT molecular complexity index is 1330. The number of amides is 4. The van der Waals surface area contributed by atoms with E-state index in [4.69, 9.17) is 16.7 Å². The van der Waals surface area contributed by atoms with Crippen LogP contribution in [-0.2, 0) is 22.3 Å². The highest BCUT2D eigenvalue weighted by atomic mass is 35.5. The predicted molar refractivity (Wildman–Crippen MR) is 142 cm³/mol. The molecule has 4 amide bonds. The molecule has 2 aromatic rings. The van der Waals surface area contributed by atoms with E-state index in [-0.39, 0.29) is 56.4 Å². The van der Waals surface area contributed by atoms with Gasteiger partial charge in [-0.05, 0) is 61.6 Å². The number of hydrogen-bond donors (Lipinski definition) is 4. The summed E-state index contributed by atoms with van der Waals surface area (Å²) in [4.78, 5) is 48.9. The molecular formula is C27H27ClF6N4O5. The van der Waals surface area contributed by atoms with Crippen molar-refractivity contribution < 1.29 is 50.6 Å². The van der Waals surface area contributed by atoms with E-state index in [1.807, 2.05) is 5.32 Å². The summed E-state index contributed by atoms with van der Waals surface area (Å²) in [6.07, 6.45) is -9.48. The second-order valence-electron chi connectivity index (χ2n) is 9.82. The van der Waals surface area contributed by atoms with Crippen molar-refractivity contribution in [3.05, 3.63) is 64.2 Å². The maximum Gasteiger partial charge on any atom is 0.471 e. The number of carboxylic acid groups (broad SMARTS) is 1. The minimum Gasteiger partial charge on any atom is -0.481 e. The third-order valence-electron chi connectivity index (χ3n) is 6.71. The number of nitrogens with one attached hydrogen (secondary N) is 3. The van der Waals surface area contributed by atoms with Gasteiger partial charge in [-0.1, -0.05) is 23.7 Å². The molecule has 0 aliphatic heterocycles. The van der Waals surface area contributed by atoms with Crippen molar-refractivity contribution in [3.8, 4) is 0 Å². The molecule has 0 atom stereocenters. The van der Waals surface area contributed by atoms with Crippen LogP contribution in [0, 0.1) is 0 Å². The highest BCUT2D eigenvalue weighted by Gasteiger charge is 2.41. The second-order valence-corrected chi connectivity index (χ2v) is 10.2. The van der Waals surface area contributed by atoms with Crippen molar-refractivity contribution >= 4 is 41.1 Å². The number of halogens is 7. The van der Waals surface area contributed by atoms with Crippen LogP contribution in [-0.4, -0.2) is 58.6 Å². The van der Waals surface area contributed by atoms with Crippen molar-refractivity contribution in [2.24, 2.45) is 0 Å². The lowest BCUT2D eigenvalue weighted by atomic mass is 9.90. The summed E-state index contributed by atoms with van der Waals surface area (Å²) in [5.41, 5.74) is -0.605. The van der Waals surface area contributed by atoms with Crippen LogP contribution in [0.5, 0.6) is 0 Å². The van der Waals surface area contributed by atoms with Crippen LogP contribution in [0.25, 0.3) is 0 Å². The number of carbonyl (C=O) groups is 4. The van der Waals surface area contributed by atoms with Crippen LogP contribution in [0.2, 0.25) is 5.02 Å². The van der Waals surface area contributed by atoms with E-state index in [0.717, 1.165) is 6.07 Å². The fraction of sp³-hybridized carbons (Fsp3) is 0.407. The Kier molecular flexibility index (Phi) is 10.9. The molecule has 1 aliphatic carbocycles. The van der Waals surface area contributed by atoms with Gasteiger partial charge in [-0.2, -0.15) is 26.3 Å². The SMILES string of the molecule is O=C(O)CCNC(=O)c1ccc(CN(C(=O)Nc2ccc(Cl)c(C(F)(F)F)c2)C2CCC(NC(=O)C(F)(F)F)CC2)cc1. The molecular weight excluding hydrogens is 610 g/mol. The fourth-order valence-corrected chi connectivity index (χ4v) is 4.75. The molecule has 2 aromatic carbocycles. The average molecular weight is 637 g/mol. The Balaban J connectivity index is 1.77. The van der Waals surface area contributed by atoms with Gasteiger partial charge in [-0.25, -0.2) is 4.79 Å². The molecule has 234 valence electrons. The summed E-state index contributed by atoms with van der Waals surface area (Å²) in [5, 5.41) is 14.9. The molecule has 1 aliphatic rings. The van der Waals surface area contributed by atoms with Gasteiger partial charge in [0, 0.05) is 36.4 Å². The second kappa shape index (κ2) is 14.0. The minimum atomic E-state index is -5.05. The number of aliphatic carboxylic acids is 1. The molecule has 1 saturated carbocycles. The van der Waals surface area contributed by atoms with Crippen LogP contribution in [0.4, 0.5) is 36.8 Å². The van der Waals surface area contributed by atoms with E-state index < -0.39 is 58.8 Å². The summed E-state index contributed by atoms with van der Waals surface area (Å²) in [5.74, 6) is -3.68. The Morgan fingerprint density at radius 3 is 2.12 bits per heavy atom. The van der Waals surface area contributed by atoms with E-state index in [2.05, 4.69) is 10.6 Å². The number of rotatable bonds is 9. The maximum atomic E-state index is 13.4. The molecule has 43 heavy (non-hydrogen) atoms. The molecule has 9 nitrogen and oxygen atoms in total. The predicted octanol–water partition coefficient (Wildman–Crippen LogP) is 5.59. The molecule has 1 fully saturated rings. The Morgan fingerprint density at radius 1 is 0.930 bits per heavy atom. The standard InChI is InChI=1S/C27H27ClF6N4O5/c28-21-10-7-18(13-20(21)26(29,30)31)37-25(43)38(19-8-5-17(6-9-19)36-24(42)27(32,33)34)14-15-1-3-16(4-2-15)23(41)35-12-11-22(39)40/h1-4,7,10,13,17,19H,5-6,8-9,11-12,14H2,(H,35,41)(H,36,42)(H,37,43)(H,39,40). The summed E-state index contributed by atoms with van der Waals surface area (Å²) in [6, 6.07) is 6.70. The molecule has 0 unspecified atom stereocenters. The Labute approximate surface area is 246 Å². The largest absolute Gasteiger partial charge is 0.481 e. The van der Waals surface area contributed by atoms with Gasteiger partial charge in [0.05, 0.1) is 17.0 Å². The van der Waals surface area contributed by atoms with Gasteiger partial charge in [0.2, 0.25) is 0 Å². The summed E-state index contributed by atoms with van der Waals surface area (Å²) in [7, 11) is 0. The summed E-state index contributed by atoms with van der Waals surface area (Å²) < 4.78 is 78.0. The minimum absolute atomic E-state index is 0.0727. The lowest BCUT2D eigenvalue weighted by Crippen LogP contribution is -2.49. The molecule has 0 radical (unpaired) electrons. The van der Waals surface area contributed by atoms with Crippen molar-refractivity contribution in [2.75, 3.05) is 11.9 Å². The molecule has 4 N–H and O–H groups in total. The lowest BCUT2D eigenvalue weighted by Gasteiger charge is -2.37. The highest BCUT2D eigenvalue weighted by Crippen LogP contribution is 2.36. The van der Waals surface area contributed by atoms with Gasteiger partial charge < -0.3 is 26.0 Å². The van der Waals surface area contributed by atoms with Crippen LogP contribution in [0.1, 0.15) is 53.6 Å². The van der Waals surface area contributed by atoms with Crippen LogP contribution >= 0.6 is 11.6 Å². The molecule has 0 bridgehead atoms. The van der Waals surface area contributed by atoms with E-state index in [0.29, 0.717) is 11.6 Å². The normalized spacial score (nSPS) is 17.1. The fourth-order valence-electron chi connectivity index (χ4n) is 4.52. The van der Waals surface area contributed by atoms with Gasteiger partial charge >= 0.3 is 30.3 Å². The average Bonchev–Trinajstić information content (AvgIpc) is 2.92. The van der Waals surface area contributed by atoms with Crippen molar-refractivity contribution in [3.63, 3.8) is 0 Å². The molecule has 0 saturated heterocycles. The molecule has 16 heteroatoms. The number of nitrogens with zero attached hydrogens (tertiary/aromatic N) is 1. The molecule has 0 aromatic heterocycles. The van der Waals surface area contributed by atoms with Gasteiger partial charge in [0.15, 0.2) is 0 Å². The first-order valence-corrected chi connectivity index (χ1v) is 13.3. The van der Waals surface area contributed by atoms with E-state index in [1.165, 1.54) is 35.2 Å². The smallest absolute Gasteiger partial charge is 0.471 e. The van der Waals surface area contributed by atoms with Crippen molar-refractivity contribution in [1.29, 1.82) is 0 Å². The highest BCUT2D eigenvalue weighted by molar-refractivity contribution is 6.31. The van der Waals surface area contributed by atoms with Crippen molar-refractivity contribution in [2.45, 2.75) is 63.1 Å². The third kappa shape index (κ3) is 9.76. The van der Waals surface area contributed by atoms with Crippen LogP contribution in [0.15, 0.2) is 42.5 Å². The summed E-state index contributed by atoms with van der Waals surface area (Å²) >= 11 is 5.67. The van der Waals surface area contributed by atoms with Crippen LogP contribution in [0.3, 0.4) is 0 Å². The molecule has 0 spiro atoms. The van der Waals surface area contributed by atoms with Gasteiger partial charge in [0.25, 0.3) is 5.91 Å². The zero-order valence-electron chi connectivity index (χ0n) is 22.3. The number of alkyl halides is 6. The number of benzene rings is 2. The first kappa shape index (κ1) is 33.5. The maximum absolute atomic E-state index is 13.4. The third-order valence-corrected chi connectivity index (χ3v) is 7.04. The lowest BCUT2D eigenvalue weighted by molar-refractivity contribution is -0.174. The number of carbonyl (C=O) groups excluding carboxylic acids is 3. The number of hydrogen-bond acceptors (Lipinski definition) is 4. The van der Waals surface area contributed by atoms with E-state index in [9.17, 15) is 45.5 Å². The quantitative estimate of drug-likeness (QED) is 0.267. The Morgan fingerprint density at radius 2 is 1.56 bits per heavy atom. The van der Waals surface area contributed by atoms with Gasteiger partial charge in [-0.15, -0.1) is 0 Å². The van der Waals surface area contributed by atoms with Gasteiger partial charge in [0.1, 0.15) is 0 Å². The Hall–Kier alpha value is -4.01. The number of anilines is 1. The zero-order chi connectivity index (χ0) is 31.9.